The quantitative estimate of drug-likeness (QED) is 0.839. The third-order valence-electron chi connectivity index (χ3n) is 2.94. The number of nitrogens with two attached hydrogens (primary N) is 1. The highest BCUT2D eigenvalue weighted by molar-refractivity contribution is 7.99. The maximum absolute atomic E-state index is 12.0. The van der Waals surface area contributed by atoms with Gasteiger partial charge in [-0.25, -0.2) is 0 Å². The fraction of sp³-hybridized carbons (Fsp3) is 0.500. The summed E-state index contributed by atoms with van der Waals surface area (Å²) in [5.41, 5.74) is 6.02. The minimum absolute atomic E-state index is 0.00298. The van der Waals surface area contributed by atoms with Crippen molar-refractivity contribution >= 4 is 29.0 Å². The second kappa shape index (κ2) is 7.59. The van der Waals surface area contributed by atoms with Gasteiger partial charge in [0.2, 0.25) is 0 Å². The summed E-state index contributed by atoms with van der Waals surface area (Å²) >= 11 is 3.45. The molecule has 1 aromatic rings. The average Bonchev–Trinajstić information content (AvgIpc) is 2.92. The van der Waals surface area contributed by atoms with E-state index in [1.807, 2.05) is 23.2 Å². The Morgan fingerprint density at radius 3 is 3.16 bits per heavy atom. The van der Waals surface area contributed by atoms with Gasteiger partial charge in [-0.05, 0) is 24.7 Å². The van der Waals surface area contributed by atoms with Crippen molar-refractivity contribution in [3.05, 3.63) is 21.9 Å². The van der Waals surface area contributed by atoms with Crippen LogP contribution in [0, 0.1) is 11.8 Å². The summed E-state index contributed by atoms with van der Waals surface area (Å²) in [4.78, 5) is 12.9. The van der Waals surface area contributed by atoms with Crippen molar-refractivity contribution in [1.82, 2.24) is 5.32 Å². The SMILES string of the molecule is NCC#Cc1cc(C(=O)NCC2CCCCS2)cs1. The van der Waals surface area contributed by atoms with E-state index in [0.29, 0.717) is 17.4 Å². The lowest BCUT2D eigenvalue weighted by Gasteiger charge is -2.21. The van der Waals surface area contributed by atoms with Gasteiger partial charge in [-0.15, -0.1) is 11.3 Å². The Morgan fingerprint density at radius 2 is 2.42 bits per heavy atom. The van der Waals surface area contributed by atoms with Crippen LogP contribution in [0.3, 0.4) is 0 Å². The van der Waals surface area contributed by atoms with Crippen molar-refractivity contribution < 1.29 is 4.79 Å². The minimum Gasteiger partial charge on any atom is -0.351 e. The summed E-state index contributed by atoms with van der Waals surface area (Å²) in [6.07, 6.45) is 3.80. The lowest BCUT2D eigenvalue weighted by atomic mass is 10.2. The van der Waals surface area contributed by atoms with Crippen LogP contribution in [0.15, 0.2) is 11.4 Å². The summed E-state index contributed by atoms with van der Waals surface area (Å²) in [6, 6.07) is 1.83. The first-order valence-corrected chi connectivity index (χ1v) is 8.39. The highest BCUT2D eigenvalue weighted by atomic mass is 32.2. The maximum Gasteiger partial charge on any atom is 0.252 e. The van der Waals surface area contributed by atoms with Crippen molar-refractivity contribution in [2.24, 2.45) is 5.73 Å². The molecule has 1 atom stereocenters. The highest BCUT2D eigenvalue weighted by Crippen LogP contribution is 2.24. The van der Waals surface area contributed by atoms with Crippen LogP contribution >= 0.6 is 23.1 Å². The molecule has 2 rings (SSSR count). The summed E-state index contributed by atoms with van der Waals surface area (Å²) < 4.78 is 0. The molecule has 0 aliphatic carbocycles. The number of hydrogen-bond acceptors (Lipinski definition) is 4. The number of carbonyl (C=O) groups excluding carboxylic acids is 1. The molecule has 0 radical (unpaired) electrons. The molecular weight excluding hydrogens is 276 g/mol. The zero-order valence-corrected chi connectivity index (χ0v) is 12.4. The molecule has 0 aromatic carbocycles. The zero-order chi connectivity index (χ0) is 13.5. The standard InChI is InChI=1S/C14H18N2OS2/c15-6-3-5-12-8-11(10-19-12)14(17)16-9-13-4-1-2-7-18-13/h8,10,13H,1-2,4,6-7,9,15H2,(H,16,17). The Kier molecular flexibility index (Phi) is 5.77. The number of rotatable bonds is 3. The van der Waals surface area contributed by atoms with E-state index in [1.165, 1.54) is 36.4 Å². The van der Waals surface area contributed by atoms with E-state index >= 15 is 0 Å². The fourth-order valence-electron chi connectivity index (χ4n) is 1.94. The third kappa shape index (κ3) is 4.57. The summed E-state index contributed by atoms with van der Waals surface area (Å²) in [5.74, 6) is 6.96. The van der Waals surface area contributed by atoms with Crippen LogP contribution in [0.2, 0.25) is 0 Å². The molecule has 1 unspecified atom stereocenters. The average molecular weight is 294 g/mol. The molecule has 1 aliphatic heterocycles. The predicted octanol–water partition coefficient (Wildman–Crippen LogP) is 2.07. The molecule has 2 heterocycles. The van der Waals surface area contributed by atoms with Crippen molar-refractivity contribution in [2.75, 3.05) is 18.8 Å². The Hall–Kier alpha value is -0.960. The van der Waals surface area contributed by atoms with E-state index in [2.05, 4.69) is 17.2 Å². The molecule has 0 bridgehead atoms. The first-order valence-electron chi connectivity index (χ1n) is 6.47. The fourth-order valence-corrected chi connectivity index (χ4v) is 3.93. The Morgan fingerprint density at radius 1 is 1.53 bits per heavy atom. The third-order valence-corrected chi connectivity index (χ3v) is 5.18. The molecule has 19 heavy (non-hydrogen) atoms. The molecule has 0 saturated carbocycles. The van der Waals surface area contributed by atoms with Gasteiger partial charge in [0.25, 0.3) is 5.91 Å². The molecule has 1 aromatic heterocycles. The number of hydrogen-bond donors (Lipinski definition) is 2. The van der Waals surface area contributed by atoms with Gasteiger partial charge in [0.1, 0.15) is 0 Å². The van der Waals surface area contributed by atoms with Crippen LogP contribution in [-0.2, 0) is 0 Å². The summed E-state index contributed by atoms with van der Waals surface area (Å²) in [7, 11) is 0. The monoisotopic (exact) mass is 294 g/mol. The second-order valence-corrected chi connectivity index (χ2v) is 6.72. The van der Waals surface area contributed by atoms with Crippen LogP contribution < -0.4 is 11.1 Å². The molecule has 1 fully saturated rings. The van der Waals surface area contributed by atoms with Gasteiger partial charge in [0, 0.05) is 17.2 Å². The highest BCUT2D eigenvalue weighted by Gasteiger charge is 2.15. The maximum atomic E-state index is 12.0. The van der Waals surface area contributed by atoms with Gasteiger partial charge in [-0.2, -0.15) is 11.8 Å². The molecule has 3 N–H and O–H groups in total. The van der Waals surface area contributed by atoms with Gasteiger partial charge in [-0.3, -0.25) is 4.79 Å². The number of thioether (sulfide) groups is 1. The van der Waals surface area contributed by atoms with Gasteiger partial charge in [0.15, 0.2) is 0 Å². The lowest BCUT2D eigenvalue weighted by Crippen LogP contribution is -2.31. The second-order valence-electron chi connectivity index (χ2n) is 4.40. The van der Waals surface area contributed by atoms with Crippen molar-refractivity contribution in [2.45, 2.75) is 24.5 Å². The Labute approximate surface area is 122 Å². The predicted molar refractivity (Wildman–Crippen MR) is 82.7 cm³/mol. The summed E-state index contributed by atoms with van der Waals surface area (Å²) in [5, 5.41) is 5.44. The molecule has 1 aliphatic rings. The number of amides is 1. The largest absolute Gasteiger partial charge is 0.351 e. The van der Waals surface area contributed by atoms with E-state index < -0.39 is 0 Å². The van der Waals surface area contributed by atoms with E-state index in [1.54, 1.807) is 0 Å². The van der Waals surface area contributed by atoms with Gasteiger partial charge >= 0.3 is 0 Å². The molecule has 5 heteroatoms. The molecule has 1 saturated heterocycles. The minimum atomic E-state index is 0.00298. The van der Waals surface area contributed by atoms with Crippen LogP contribution in [0.25, 0.3) is 0 Å². The summed E-state index contributed by atoms with van der Waals surface area (Å²) in [6.45, 7) is 1.11. The topological polar surface area (TPSA) is 55.1 Å². The molecule has 1 amide bonds. The first-order chi connectivity index (χ1) is 9.29. The molecule has 102 valence electrons. The number of carbonyl (C=O) groups is 1. The van der Waals surface area contributed by atoms with Crippen LogP contribution in [0.4, 0.5) is 0 Å². The van der Waals surface area contributed by atoms with E-state index in [-0.39, 0.29) is 5.91 Å². The van der Waals surface area contributed by atoms with Crippen molar-refractivity contribution in [3.63, 3.8) is 0 Å². The van der Waals surface area contributed by atoms with E-state index in [9.17, 15) is 4.79 Å². The van der Waals surface area contributed by atoms with Crippen LogP contribution in [-0.4, -0.2) is 30.0 Å². The van der Waals surface area contributed by atoms with Crippen LogP contribution in [0.5, 0.6) is 0 Å². The van der Waals surface area contributed by atoms with E-state index in [4.69, 9.17) is 5.73 Å². The Bertz CT molecular complexity index is 481. The van der Waals surface area contributed by atoms with Gasteiger partial charge in [0.05, 0.1) is 17.0 Å². The smallest absolute Gasteiger partial charge is 0.252 e. The molecule has 3 nitrogen and oxygen atoms in total. The zero-order valence-electron chi connectivity index (χ0n) is 10.8. The lowest BCUT2D eigenvalue weighted by molar-refractivity contribution is 0.0954. The normalized spacial score (nSPS) is 18.5. The molecular formula is C14H18N2OS2. The van der Waals surface area contributed by atoms with Gasteiger partial charge in [-0.1, -0.05) is 18.3 Å². The van der Waals surface area contributed by atoms with E-state index in [0.717, 1.165) is 11.4 Å². The van der Waals surface area contributed by atoms with Gasteiger partial charge < -0.3 is 11.1 Å². The Balaban J connectivity index is 1.83. The number of nitrogens with one attached hydrogen (secondary N) is 1. The van der Waals surface area contributed by atoms with Crippen LogP contribution in [0.1, 0.15) is 34.5 Å². The van der Waals surface area contributed by atoms with Crippen molar-refractivity contribution in [1.29, 1.82) is 0 Å². The number of thiophene rings is 1. The first kappa shape index (κ1) is 14.4. The van der Waals surface area contributed by atoms with Crippen molar-refractivity contribution in [3.8, 4) is 11.8 Å². The molecule has 0 spiro atoms.